The standard InChI is InChI=1S/C22H32N4O2/c1-4-28-22(27)21-19-17-25(13-8-11-18-9-6-5-7-10-18)14-12-20(19)26(23-21)16-15-24(2)3/h5-7,9-10H,4,8,11-17H2,1-3H3. The van der Waals surface area contributed by atoms with Crippen LogP contribution in [0.25, 0.3) is 0 Å². The van der Waals surface area contributed by atoms with E-state index in [9.17, 15) is 4.79 Å². The van der Waals surface area contributed by atoms with Gasteiger partial charge in [0.25, 0.3) is 0 Å². The number of rotatable bonds is 9. The monoisotopic (exact) mass is 384 g/mol. The molecule has 2 heterocycles. The van der Waals surface area contributed by atoms with Crippen LogP contribution in [0.1, 0.15) is 40.7 Å². The quantitative estimate of drug-likeness (QED) is 0.622. The van der Waals surface area contributed by atoms with E-state index in [2.05, 4.69) is 59.3 Å². The van der Waals surface area contributed by atoms with Crippen molar-refractivity contribution in [3.8, 4) is 0 Å². The van der Waals surface area contributed by atoms with Gasteiger partial charge in [-0.15, -0.1) is 0 Å². The first kappa shape index (κ1) is 20.6. The van der Waals surface area contributed by atoms with Gasteiger partial charge in [-0.2, -0.15) is 5.10 Å². The van der Waals surface area contributed by atoms with E-state index in [-0.39, 0.29) is 5.97 Å². The highest BCUT2D eigenvalue weighted by atomic mass is 16.5. The molecule has 0 fully saturated rings. The second-order valence-electron chi connectivity index (χ2n) is 7.64. The van der Waals surface area contributed by atoms with Gasteiger partial charge in [0.1, 0.15) is 0 Å². The fourth-order valence-corrected chi connectivity index (χ4v) is 3.73. The number of nitrogens with zero attached hydrogens (tertiary/aromatic N) is 4. The molecule has 1 aliphatic rings. The van der Waals surface area contributed by atoms with Crippen molar-refractivity contribution in [2.75, 3.05) is 40.3 Å². The minimum absolute atomic E-state index is 0.298. The van der Waals surface area contributed by atoms with E-state index in [1.165, 1.54) is 11.3 Å². The number of aryl methyl sites for hydroxylation is 1. The third kappa shape index (κ3) is 5.20. The molecule has 0 amide bonds. The molecule has 2 aromatic rings. The first-order valence-corrected chi connectivity index (χ1v) is 10.2. The molecule has 152 valence electrons. The Hall–Kier alpha value is -2.18. The lowest BCUT2D eigenvalue weighted by atomic mass is 10.0. The van der Waals surface area contributed by atoms with Gasteiger partial charge in [-0.05, 0) is 46.0 Å². The molecule has 1 aliphatic heterocycles. The van der Waals surface area contributed by atoms with Gasteiger partial charge in [-0.25, -0.2) is 4.79 Å². The van der Waals surface area contributed by atoms with E-state index in [1.54, 1.807) is 0 Å². The van der Waals surface area contributed by atoms with Crippen LogP contribution < -0.4 is 0 Å². The summed E-state index contributed by atoms with van der Waals surface area (Å²) in [5.41, 5.74) is 4.14. The van der Waals surface area contributed by atoms with Crippen molar-refractivity contribution in [3.63, 3.8) is 0 Å². The van der Waals surface area contributed by atoms with Gasteiger partial charge < -0.3 is 9.64 Å². The lowest BCUT2D eigenvalue weighted by molar-refractivity contribution is 0.0515. The summed E-state index contributed by atoms with van der Waals surface area (Å²) < 4.78 is 7.28. The van der Waals surface area contributed by atoms with Crippen LogP contribution in [0.4, 0.5) is 0 Å². The number of carbonyl (C=O) groups is 1. The van der Waals surface area contributed by atoms with Crippen LogP contribution in [0.5, 0.6) is 0 Å². The fraction of sp³-hybridized carbons (Fsp3) is 0.545. The summed E-state index contributed by atoms with van der Waals surface area (Å²) in [6.07, 6.45) is 3.13. The van der Waals surface area contributed by atoms with Crippen molar-refractivity contribution >= 4 is 5.97 Å². The number of hydrogen-bond acceptors (Lipinski definition) is 5. The average Bonchev–Trinajstić information content (AvgIpc) is 3.05. The lowest BCUT2D eigenvalue weighted by Gasteiger charge is -2.27. The van der Waals surface area contributed by atoms with Gasteiger partial charge in [0.2, 0.25) is 0 Å². The molecule has 0 N–H and O–H groups in total. The van der Waals surface area contributed by atoms with E-state index in [0.717, 1.165) is 57.5 Å². The molecule has 0 unspecified atom stereocenters. The molecule has 1 aromatic heterocycles. The van der Waals surface area contributed by atoms with Crippen LogP contribution in [-0.2, 0) is 30.7 Å². The first-order chi connectivity index (χ1) is 13.6. The molecule has 6 heteroatoms. The van der Waals surface area contributed by atoms with Gasteiger partial charge in [0.05, 0.1) is 13.2 Å². The highest BCUT2D eigenvalue weighted by molar-refractivity contribution is 5.89. The van der Waals surface area contributed by atoms with Gasteiger partial charge >= 0.3 is 5.97 Å². The van der Waals surface area contributed by atoms with Crippen molar-refractivity contribution in [1.29, 1.82) is 0 Å². The molecule has 0 radical (unpaired) electrons. The van der Waals surface area contributed by atoms with E-state index >= 15 is 0 Å². The van der Waals surface area contributed by atoms with E-state index < -0.39 is 0 Å². The Balaban J connectivity index is 1.67. The van der Waals surface area contributed by atoms with Crippen molar-refractivity contribution < 1.29 is 9.53 Å². The van der Waals surface area contributed by atoms with Gasteiger partial charge in [-0.1, -0.05) is 30.3 Å². The minimum atomic E-state index is -0.298. The van der Waals surface area contributed by atoms with Gasteiger partial charge in [0.15, 0.2) is 5.69 Å². The van der Waals surface area contributed by atoms with Crippen LogP contribution in [0.2, 0.25) is 0 Å². The van der Waals surface area contributed by atoms with Crippen LogP contribution in [-0.4, -0.2) is 65.9 Å². The Morgan fingerprint density at radius 1 is 1.21 bits per heavy atom. The predicted octanol–water partition coefficient (Wildman–Crippen LogP) is 2.61. The molecule has 0 aliphatic carbocycles. The predicted molar refractivity (Wildman–Crippen MR) is 110 cm³/mol. The fourth-order valence-electron chi connectivity index (χ4n) is 3.73. The summed E-state index contributed by atoms with van der Waals surface area (Å²) in [6, 6.07) is 10.6. The normalized spacial score (nSPS) is 14.3. The Morgan fingerprint density at radius 3 is 2.71 bits per heavy atom. The Morgan fingerprint density at radius 2 is 2.00 bits per heavy atom. The van der Waals surface area contributed by atoms with Crippen molar-refractivity contribution in [3.05, 3.63) is 52.8 Å². The zero-order valence-electron chi connectivity index (χ0n) is 17.4. The molecule has 28 heavy (non-hydrogen) atoms. The van der Waals surface area contributed by atoms with E-state index in [4.69, 9.17) is 4.74 Å². The van der Waals surface area contributed by atoms with Gasteiger partial charge in [0, 0.05) is 37.3 Å². The second-order valence-corrected chi connectivity index (χ2v) is 7.64. The highest BCUT2D eigenvalue weighted by Gasteiger charge is 2.28. The van der Waals surface area contributed by atoms with Crippen LogP contribution in [0.15, 0.2) is 30.3 Å². The molecular weight excluding hydrogens is 352 g/mol. The summed E-state index contributed by atoms with van der Waals surface area (Å²) in [4.78, 5) is 17.0. The third-order valence-corrected chi connectivity index (χ3v) is 5.22. The molecule has 1 aromatic carbocycles. The number of likely N-dealkylation sites (N-methyl/N-ethyl adjacent to an activating group) is 1. The maximum atomic E-state index is 12.4. The number of ether oxygens (including phenoxy) is 1. The molecule has 0 saturated heterocycles. The van der Waals surface area contributed by atoms with Crippen LogP contribution >= 0.6 is 0 Å². The highest BCUT2D eigenvalue weighted by Crippen LogP contribution is 2.24. The Kier molecular flexibility index (Phi) is 7.23. The number of benzene rings is 1. The van der Waals surface area contributed by atoms with E-state index in [1.807, 2.05) is 11.6 Å². The molecule has 6 nitrogen and oxygen atoms in total. The number of aromatic nitrogens is 2. The largest absolute Gasteiger partial charge is 0.461 e. The maximum absolute atomic E-state index is 12.4. The van der Waals surface area contributed by atoms with Crippen LogP contribution in [0, 0.1) is 0 Å². The summed E-state index contributed by atoms with van der Waals surface area (Å²) in [5, 5.41) is 4.63. The van der Waals surface area contributed by atoms with E-state index in [0.29, 0.717) is 12.3 Å². The van der Waals surface area contributed by atoms with Crippen molar-refractivity contribution in [2.24, 2.45) is 0 Å². The first-order valence-electron chi connectivity index (χ1n) is 10.2. The maximum Gasteiger partial charge on any atom is 0.359 e. The molecule has 0 spiro atoms. The summed E-state index contributed by atoms with van der Waals surface area (Å²) >= 11 is 0. The number of esters is 1. The zero-order chi connectivity index (χ0) is 19.9. The smallest absolute Gasteiger partial charge is 0.359 e. The topological polar surface area (TPSA) is 50.6 Å². The third-order valence-electron chi connectivity index (χ3n) is 5.22. The average molecular weight is 385 g/mol. The second kappa shape index (κ2) is 9.85. The summed E-state index contributed by atoms with van der Waals surface area (Å²) in [6.45, 7) is 6.72. The van der Waals surface area contributed by atoms with Crippen molar-refractivity contribution in [1.82, 2.24) is 19.6 Å². The Labute approximate surface area is 168 Å². The molecule has 0 saturated carbocycles. The molecule has 0 bridgehead atoms. The van der Waals surface area contributed by atoms with Crippen molar-refractivity contribution in [2.45, 2.75) is 39.3 Å². The minimum Gasteiger partial charge on any atom is -0.461 e. The lowest BCUT2D eigenvalue weighted by Crippen LogP contribution is -2.33. The summed E-state index contributed by atoms with van der Waals surface area (Å²) in [7, 11) is 4.10. The molecular formula is C22H32N4O2. The molecule has 3 rings (SSSR count). The Bertz CT molecular complexity index is 770. The van der Waals surface area contributed by atoms with Gasteiger partial charge in [-0.3, -0.25) is 9.58 Å². The number of fused-ring (bicyclic) bond motifs is 1. The number of carbonyl (C=O) groups excluding carboxylic acids is 1. The molecule has 0 atom stereocenters. The van der Waals surface area contributed by atoms with Crippen LogP contribution in [0.3, 0.4) is 0 Å². The summed E-state index contributed by atoms with van der Waals surface area (Å²) in [5.74, 6) is -0.298. The zero-order valence-corrected chi connectivity index (χ0v) is 17.4. The number of hydrogen-bond donors (Lipinski definition) is 0. The SMILES string of the molecule is CCOC(=O)c1nn(CCN(C)C)c2c1CN(CCCc1ccccc1)CC2.